The first-order chi connectivity index (χ1) is 12.6. The van der Waals surface area contributed by atoms with E-state index in [4.69, 9.17) is 4.42 Å². The number of nitrogens with one attached hydrogen (secondary N) is 1. The van der Waals surface area contributed by atoms with Gasteiger partial charge in [-0.25, -0.2) is 0 Å². The minimum absolute atomic E-state index is 0.0760. The Morgan fingerprint density at radius 1 is 1.00 bits per heavy atom. The van der Waals surface area contributed by atoms with Gasteiger partial charge in [-0.1, -0.05) is 30.3 Å². The van der Waals surface area contributed by atoms with Crippen LogP contribution in [-0.4, -0.2) is 54.3 Å². The van der Waals surface area contributed by atoms with Crippen LogP contribution in [0.4, 0.5) is 0 Å². The van der Waals surface area contributed by atoms with Gasteiger partial charge in [0.1, 0.15) is 11.5 Å². The fourth-order valence-electron chi connectivity index (χ4n) is 3.07. The van der Waals surface area contributed by atoms with Gasteiger partial charge >= 0.3 is 0 Å². The van der Waals surface area contributed by atoms with Crippen molar-refractivity contribution in [3.05, 3.63) is 48.2 Å². The standard InChI is InChI=1S/C20H25N3O3/c1-16(24)22-11-13-23(14-12-22)20(25)9-10-21-15-18-7-8-19(26-18)17-5-3-2-4-6-17/h2-8,21H,9-15H2,1H3. The van der Waals surface area contributed by atoms with Gasteiger partial charge in [0.05, 0.1) is 6.54 Å². The van der Waals surface area contributed by atoms with E-state index in [0.717, 1.165) is 17.1 Å². The number of rotatable bonds is 6. The number of nitrogens with zero attached hydrogens (tertiary/aromatic N) is 2. The Morgan fingerprint density at radius 2 is 1.69 bits per heavy atom. The van der Waals surface area contributed by atoms with E-state index >= 15 is 0 Å². The lowest BCUT2D eigenvalue weighted by Gasteiger charge is -2.34. The lowest BCUT2D eigenvalue weighted by atomic mass is 10.2. The Morgan fingerprint density at radius 3 is 2.38 bits per heavy atom. The van der Waals surface area contributed by atoms with Crippen molar-refractivity contribution in [2.24, 2.45) is 0 Å². The Hall–Kier alpha value is -2.60. The SMILES string of the molecule is CC(=O)N1CCN(C(=O)CCNCc2ccc(-c3ccccc3)o2)CC1. The molecule has 0 radical (unpaired) electrons. The molecule has 26 heavy (non-hydrogen) atoms. The molecule has 0 bridgehead atoms. The largest absolute Gasteiger partial charge is 0.460 e. The third kappa shape index (κ3) is 4.73. The van der Waals surface area contributed by atoms with Gasteiger partial charge in [0.2, 0.25) is 11.8 Å². The number of piperazine rings is 1. The molecular formula is C20H25N3O3. The number of furan rings is 1. The molecule has 0 aliphatic carbocycles. The molecule has 2 heterocycles. The van der Waals surface area contributed by atoms with Crippen LogP contribution >= 0.6 is 0 Å². The molecule has 1 aliphatic heterocycles. The van der Waals surface area contributed by atoms with E-state index in [0.29, 0.717) is 45.7 Å². The van der Waals surface area contributed by atoms with Gasteiger partial charge in [0.15, 0.2) is 0 Å². The number of amides is 2. The number of hydrogen-bond acceptors (Lipinski definition) is 4. The monoisotopic (exact) mass is 355 g/mol. The van der Waals surface area contributed by atoms with Gasteiger partial charge in [0.25, 0.3) is 0 Å². The Balaban J connectivity index is 1.37. The van der Waals surface area contributed by atoms with Crippen LogP contribution in [0.25, 0.3) is 11.3 Å². The molecular weight excluding hydrogens is 330 g/mol. The van der Waals surface area contributed by atoms with E-state index in [1.807, 2.05) is 47.4 Å². The van der Waals surface area contributed by atoms with E-state index in [1.54, 1.807) is 11.8 Å². The molecule has 138 valence electrons. The number of benzene rings is 1. The fraction of sp³-hybridized carbons (Fsp3) is 0.400. The van der Waals surface area contributed by atoms with Crippen LogP contribution in [0.3, 0.4) is 0 Å². The van der Waals surface area contributed by atoms with Crippen molar-refractivity contribution in [1.29, 1.82) is 0 Å². The van der Waals surface area contributed by atoms with E-state index < -0.39 is 0 Å². The molecule has 6 nitrogen and oxygen atoms in total. The van der Waals surface area contributed by atoms with Crippen LogP contribution in [0.15, 0.2) is 46.9 Å². The van der Waals surface area contributed by atoms with Gasteiger partial charge in [0, 0.05) is 51.6 Å². The van der Waals surface area contributed by atoms with E-state index in [1.165, 1.54) is 0 Å². The number of carbonyl (C=O) groups is 2. The molecule has 2 aromatic rings. The molecule has 3 rings (SSSR count). The lowest BCUT2D eigenvalue weighted by molar-refractivity contribution is -0.138. The predicted octanol–water partition coefficient (Wildman–Crippen LogP) is 2.12. The zero-order valence-corrected chi connectivity index (χ0v) is 15.1. The third-order valence-corrected chi connectivity index (χ3v) is 4.61. The first-order valence-corrected chi connectivity index (χ1v) is 9.01. The highest BCUT2D eigenvalue weighted by atomic mass is 16.3. The average Bonchev–Trinajstić information content (AvgIpc) is 3.15. The second-order valence-corrected chi connectivity index (χ2v) is 6.45. The molecule has 1 saturated heterocycles. The van der Waals surface area contributed by atoms with E-state index in [9.17, 15) is 9.59 Å². The summed E-state index contributed by atoms with van der Waals surface area (Å²) in [6.45, 7) is 5.27. The molecule has 0 atom stereocenters. The highest BCUT2D eigenvalue weighted by Crippen LogP contribution is 2.21. The van der Waals surface area contributed by atoms with Crippen molar-refractivity contribution in [3.8, 4) is 11.3 Å². The number of carbonyl (C=O) groups excluding carboxylic acids is 2. The van der Waals surface area contributed by atoms with Crippen molar-refractivity contribution in [1.82, 2.24) is 15.1 Å². The summed E-state index contributed by atoms with van der Waals surface area (Å²) >= 11 is 0. The second kappa shape index (κ2) is 8.67. The quantitative estimate of drug-likeness (QED) is 0.806. The van der Waals surface area contributed by atoms with Crippen molar-refractivity contribution < 1.29 is 14.0 Å². The van der Waals surface area contributed by atoms with Crippen LogP contribution in [0, 0.1) is 0 Å². The van der Waals surface area contributed by atoms with Crippen molar-refractivity contribution >= 4 is 11.8 Å². The van der Waals surface area contributed by atoms with Crippen molar-refractivity contribution in [2.75, 3.05) is 32.7 Å². The minimum atomic E-state index is 0.0760. The number of hydrogen-bond donors (Lipinski definition) is 1. The molecule has 1 aliphatic rings. The summed E-state index contributed by atoms with van der Waals surface area (Å²) in [7, 11) is 0. The smallest absolute Gasteiger partial charge is 0.223 e. The minimum Gasteiger partial charge on any atom is -0.460 e. The Bertz CT molecular complexity index is 734. The maximum atomic E-state index is 12.2. The fourth-order valence-corrected chi connectivity index (χ4v) is 3.07. The maximum absolute atomic E-state index is 12.2. The first kappa shape index (κ1) is 18.2. The normalized spacial score (nSPS) is 14.5. The van der Waals surface area contributed by atoms with Crippen molar-refractivity contribution in [2.45, 2.75) is 19.9 Å². The topological polar surface area (TPSA) is 65.8 Å². The molecule has 0 unspecified atom stereocenters. The molecule has 2 amide bonds. The van der Waals surface area contributed by atoms with Gasteiger partial charge in [-0.3, -0.25) is 9.59 Å². The third-order valence-electron chi connectivity index (χ3n) is 4.61. The maximum Gasteiger partial charge on any atom is 0.223 e. The lowest BCUT2D eigenvalue weighted by Crippen LogP contribution is -2.50. The molecule has 1 aromatic heterocycles. The predicted molar refractivity (Wildman–Crippen MR) is 99.3 cm³/mol. The van der Waals surface area contributed by atoms with Gasteiger partial charge in [-0.2, -0.15) is 0 Å². The zero-order valence-electron chi connectivity index (χ0n) is 15.1. The Kier molecular flexibility index (Phi) is 6.07. The average molecular weight is 355 g/mol. The van der Waals surface area contributed by atoms with Crippen LogP contribution in [-0.2, 0) is 16.1 Å². The molecule has 0 spiro atoms. The summed E-state index contributed by atoms with van der Waals surface area (Å²) in [5, 5.41) is 3.26. The summed E-state index contributed by atoms with van der Waals surface area (Å²) in [5.41, 5.74) is 1.05. The summed E-state index contributed by atoms with van der Waals surface area (Å²) in [5.74, 6) is 1.91. The molecule has 0 saturated carbocycles. The molecule has 1 aromatic carbocycles. The molecule has 1 N–H and O–H groups in total. The van der Waals surface area contributed by atoms with E-state index in [2.05, 4.69) is 5.32 Å². The first-order valence-electron chi connectivity index (χ1n) is 9.01. The van der Waals surface area contributed by atoms with Crippen LogP contribution in [0.5, 0.6) is 0 Å². The van der Waals surface area contributed by atoms with Crippen LogP contribution < -0.4 is 5.32 Å². The highest BCUT2D eigenvalue weighted by molar-refractivity contribution is 5.77. The Labute approximate surface area is 153 Å². The van der Waals surface area contributed by atoms with Gasteiger partial charge in [-0.15, -0.1) is 0 Å². The van der Waals surface area contributed by atoms with Crippen LogP contribution in [0.1, 0.15) is 19.1 Å². The summed E-state index contributed by atoms with van der Waals surface area (Å²) in [4.78, 5) is 27.2. The highest BCUT2D eigenvalue weighted by Gasteiger charge is 2.21. The van der Waals surface area contributed by atoms with Crippen LogP contribution in [0.2, 0.25) is 0 Å². The van der Waals surface area contributed by atoms with Gasteiger partial charge in [-0.05, 0) is 12.1 Å². The molecule has 6 heteroatoms. The zero-order chi connectivity index (χ0) is 18.4. The molecule has 1 fully saturated rings. The second-order valence-electron chi connectivity index (χ2n) is 6.45. The summed E-state index contributed by atoms with van der Waals surface area (Å²) < 4.78 is 5.83. The van der Waals surface area contributed by atoms with Crippen molar-refractivity contribution in [3.63, 3.8) is 0 Å². The summed E-state index contributed by atoms with van der Waals surface area (Å²) in [6.07, 6.45) is 0.451. The summed E-state index contributed by atoms with van der Waals surface area (Å²) in [6, 6.07) is 13.9. The van der Waals surface area contributed by atoms with Gasteiger partial charge < -0.3 is 19.5 Å². The van der Waals surface area contributed by atoms with E-state index in [-0.39, 0.29) is 11.8 Å².